The van der Waals surface area contributed by atoms with Crippen LogP contribution in [0, 0.1) is 0 Å². The van der Waals surface area contributed by atoms with Crippen LogP contribution in [0.4, 0.5) is 17.6 Å². The van der Waals surface area contributed by atoms with Crippen LogP contribution in [-0.2, 0) is 0 Å². The van der Waals surface area contributed by atoms with Gasteiger partial charge in [0, 0.05) is 0 Å². The van der Waals surface area contributed by atoms with Crippen molar-refractivity contribution in [3.05, 3.63) is 30.3 Å². The lowest BCUT2D eigenvalue weighted by Crippen LogP contribution is -2.15. The molecule has 1 rings (SSSR count). The zero-order valence-corrected chi connectivity index (χ0v) is 7.45. The molecule has 13 heavy (non-hydrogen) atoms. The summed E-state index contributed by atoms with van der Waals surface area (Å²) in [5.41, 5.74) is 0. The Morgan fingerprint density at radius 3 is 2.00 bits per heavy atom. The van der Waals surface area contributed by atoms with Crippen LogP contribution < -0.4 is 5.30 Å². The van der Waals surface area contributed by atoms with Gasteiger partial charge in [0.2, 0.25) is 0 Å². The minimum absolute atomic E-state index is 0.0347. The molecule has 0 saturated carbocycles. The maximum absolute atomic E-state index is 12.2. The Morgan fingerprint density at radius 1 is 1.08 bits per heavy atom. The van der Waals surface area contributed by atoms with Gasteiger partial charge in [-0.05, 0) is 5.30 Å². The zero-order chi connectivity index (χ0) is 9.90. The number of benzene rings is 1. The summed E-state index contributed by atoms with van der Waals surface area (Å²) in [6.45, 7) is 0. The third-order valence-corrected chi connectivity index (χ3v) is 3.27. The minimum atomic E-state index is -4.44. The molecule has 0 N–H and O–H groups in total. The van der Waals surface area contributed by atoms with Gasteiger partial charge in [0.15, 0.2) is 0 Å². The predicted molar refractivity (Wildman–Crippen MR) is 45.0 cm³/mol. The summed E-state index contributed by atoms with van der Waals surface area (Å²) in [5.74, 6) is -4.44. The molecule has 0 saturated heterocycles. The van der Waals surface area contributed by atoms with Crippen molar-refractivity contribution in [2.24, 2.45) is 0 Å². The van der Waals surface area contributed by atoms with Crippen LogP contribution in [0.3, 0.4) is 0 Å². The van der Waals surface area contributed by atoms with Gasteiger partial charge in [0.25, 0.3) is 0 Å². The molecule has 1 atom stereocenters. The molecule has 1 aromatic rings. The lowest BCUT2D eigenvalue weighted by Gasteiger charge is -2.16. The molecular weight excluding hydrogens is 203 g/mol. The Labute approximate surface area is 74.3 Å². The fraction of sp³-hybridized carbons (Fsp3) is 0.250. The van der Waals surface area contributed by atoms with Gasteiger partial charge < -0.3 is 0 Å². The molecule has 1 unspecified atom stereocenters. The van der Waals surface area contributed by atoms with E-state index in [1.807, 2.05) is 0 Å². The van der Waals surface area contributed by atoms with Gasteiger partial charge in [-0.25, -0.2) is 4.39 Å². The third kappa shape index (κ3) is 2.66. The number of hydrogen-bond donors (Lipinski definition) is 0. The van der Waals surface area contributed by atoms with Crippen molar-refractivity contribution < 1.29 is 17.6 Å². The first-order valence-corrected chi connectivity index (χ1v) is 5.04. The highest BCUT2D eigenvalue weighted by atomic mass is 31.1. The first-order valence-electron chi connectivity index (χ1n) is 3.51. The Balaban J connectivity index is 2.92. The molecule has 0 aliphatic rings. The summed E-state index contributed by atoms with van der Waals surface area (Å²) in [6, 6.07) is 7.17. The SMILES string of the molecule is FCP(c1ccccc1)C(F)(F)F. The van der Waals surface area contributed by atoms with Crippen molar-refractivity contribution in [2.45, 2.75) is 5.92 Å². The highest BCUT2D eigenvalue weighted by Crippen LogP contribution is 2.52. The average molecular weight is 210 g/mol. The smallest absolute Gasteiger partial charge is 0.245 e. The average Bonchev–Trinajstić information content (AvgIpc) is 2.05. The number of rotatable bonds is 2. The first kappa shape index (κ1) is 10.5. The molecule has 0 spiro atoms. The van der Waals surface area contributed by atoms with Crippen LogP contribution in [0.15, 0.2) is 30.3 Å². The maximum atomic E-state index is 12.2. The van der Waals surface area contributed by atoms with E-state index in [4.69, 9.17) is 0 Å². The van der Waals surface area contributed by atoms with E-state index < -0.39 is 20.3 Å². The summed E-state index contributed by atoms with van der Waals surface area (Å²) in [7, 11) is -2.66. The zero-order valence-electron chi connectivity index (χ0n) is 6.55. The van der Waals surface area contributed by atoms with Gasteiger partial charge in [0.1, 0.15) is 6.42 Å². The molecule has 0 fully saturated rings. The van der Waals surface area contributed by atoms with E-state index in [1.54, 1.807) is 6.07 Å². The lowest BCUT2D eigenvalue weighted by molar-refractivity contribution is -0.0397. The van der Waals surface area contributed by atoms with Crippen molar-refractivity contribution in [3.8, 4) is 0 Å². The van der Waals surface area contributed by atoms with Crippen LogP contribution in [-0.4, -0.2) is 12.3 Å². The van der Waals surface area contributed by atoms with Crippen LogP contribution in [0.5, 0.6) is 0 Å². The Bertz CT molecular complexity index is 257. The van der Waals surface area contributed by atoms with E-state index in [0.29, 0.717) is 0 Å². The van der Waals surface area contributed by atoms with Gasteiger partial charge in [-0.15, -0.1) is 0 Å². The Kier molecular flexibility index (Phi) is 3.26. The van der Waals surface area contributed by atoms with Crippen molar-refractivity contribution >= 4 is 13.2 Å². The standard InChI is InChI=1S/C8H7F4P/c9-6-13(8(10,11)12)7-4-2-1-3-5-7/h1-5H,6H2. The monoisotopic (exact) mass is 210 g/mol. The molecule has 0 nitrogen and oxygen atoms in total. The normalized spacial score (nSPS) is 14.2. The molecule has 0 radical (unpaired) electrons. The van der Waals surface area contributed by atoms with E-state index in [1.165, 1.54) is 24.3 Å². The second kappa shape index (κ2) is 4.05. The van der Waals surface area contributed by atoms with Gasteiger partial charge in [0.05, 0.1) is 7.92 Å². The summed E-state index contributed by atoms with van der Waals surface area (Å²) in [4.78, 5) is 0. The van der Waals surface area contributed by atoms with E-state index in [0.717, 1.165) is 0 Å². The number of alkyl halides is 4. The molecule has 0 aliphatic heterocycles. The highest BCUT2D eigenvalue weighted by Gasteiger charge is 2.40. The molecule has 72 valence electrons. The van der Waals surface area contributed by atoms with E-state index in [2.05, 4.69) is 0 Å². The van der Waals surface area contributed by atoms with Crippen LogP contribution in [0.2, 0.25) is 0 Å². The van der Waals surface area contributed by atoms with Crippen molar-refractivity contribution in [2.75, 3.05) is 6.42 Å². The Hall–Kier alpha value is -0.630. The van der Waals surface area contributed by atoms with Gasteiger partial charge in [-0.1, -0.05) is 30.3 Å². The third-order valence-electron chi connectivity index (χ3n) is 1.49. The second-order valence-corrected chi connectivity index (χ2v) is 4.47. The molecule has 0 aromatic heterocycles. The highest BCUT2D eigenvalue weighted by molar-refractivity contribution is 7.66. The molecule has 0 aliphatic carbocycles. The van der Waals surface area contributed by atoms with Crippen LogP contribution >= 0.6 is 7.92 Å². The summed E-state index contributed by atoms with van der Waals surface area (Å²) >= 11 is 0. The Morgan fingerprint density at radius 2 is 1.62 bits per heavy atom. The fourth-order valence-corrected chi connectivity index (χ4v) is 1.99. The van der Waals surface area contributed by atoms with Gasteiger partial charge >= 0.3 is 5.92 Å². The van der Waals surface area contributed by atoms with Crippen LogP contribution in [0.25, 0.3) is 0 Å². The molecular formula is C8H7F4P. The van der Waals surface area contributed by atoms with Crippen molar-refractivity contribution in [1.82, 2.24) is 0 Å². The maximum Gasteiger partial charge on any atom is 0.411 e. The molecule has 0 bridgehead atoms. The lowest BCUT2D eigenvalue weighted by atomic mass is 10.4. The fourth-order valence-electron chi connectivity index (χ4n) is 0.891. The van der Waals surface area contributed by atoms with E-state index in [9.17, 15) is 17.6 Å². The van der Waals surface area contributed by atoms with Gasteiger partial charge in [-0.2, -0.15) is 13.2 Å². The van der Waals surface area contributed by atoms with Crippen molar-refractivity contribution in [3.63, 3.8) is 0 Å². The van der Waals surface area contributed by atoms with E-state index in [-0.39, 0.29) is 5.30 Å². The largest absolute Gasteiger partial charge is 0.411 e. The van der Waals surface area contributed by atoms with Gasteiger partial charge in [-0.3, -0.25) is 0 Å². The molecule has 0 amide bonds. The summed E-state index contributed by atoms with van der Waals surface area (Å²) in [6.07, 6.45) is -1.34. The van der Waals surface area contributed by atoms with E-state index >= 15 is 0 Å². The molecule has 5 heteroatoms. The first-order chi connectivity index (χ1) is 6.05. The summed E-state index contributed by atoms with van der Waals surface area (Å²) < 4.78 is 48.7. The second-order valence-electron chi connectivity index (χ2n) is 2.35. The quantitative estimate of drug-likeness (QED) is 0.519. The van der Waals surface area contributed by atoms with Crippen LogP contribution in [0.1, 0.15) is 0 Å². The minimum Gasteiger partial charge on any atom is -0.245 e. The molecule has 1 aromatic carbocycles. The topological polar surface area (TPSA) is 0 Å². The predicted octanol–water partition coefficient (Wildman–Crippen LogP) is 3.24. The number of halogens is 4. The summed E-state index contributed by atoms with van der Waals surface area (Å²) in [5, 5.41) is 0.0347. The number of hydrogen-bond acceptors (Lipinski definition) is 0. The molecule has 0 heterocycles. The van der Waals surface area contributed by atoms with Crippen molar-refractivity contribution in [1.29, 1.82) is 0 Å².